The quantitative estimate of drug-likeness (QED) is 0.820. The van der Waals surface area contributed by atoms with Crippen molar-refractivity contribution >= 4 is 5.91 Å². The topological polar surface area (TPSA) is 75.6 Å². The Balaban J connectivity index is 1.72. The number of amides is 1. The van der Waals surface area contributed by atoms with Crippen LogP contribution in [0.1, 0.15) is 30.3 Å². The van der Waals surface area contributed by atoms with E-state index < -0.39 is 0 Å². The van der Waals surface area contributed by atoms with E-state index in [1.165, 1.54) is 0 Å². The number of rotatable bonds is 6. The number of aromatic nitrogens is 4. The zero-order valence-electron chi connectivity index (χ0n) is 11.3. The molecule has 0 spiro atoms. The van der Waals surface area contributed by atoms with E-state index in [2.05, 4.69) is 20.6 Å². The largest absolute Gasteiger partial charge is 0.350 e. The minimum Gasteiger partial charge on any atom is -0.350 e. The fraction of sp³-hybridized carbons (Fsp3) is 0.462. The molecule has 0 radical (unpaired) electrons. The van der Waals surface area contributed by atoms with Crippen molar-refractivity contribution in [2.75, 3.05) is 0 Å². The summed E-state index contributed by atoms with van der Waals surface area (Å²) in [5.74, 6) is 0.0146. The lowest BCUT2D eigenvalue weighted by molar-refractivity contribution is -0.121. The Hall–Kier alpha value is -2.11. The number of nitrogens with one attached hydrogen (secondary N) is 2. The van der Waals surface area contributed by atoms with E-state index in [9.17, 15) is 4.79 Å². The molecule has 0 saturated heterocycles. The lowest BCUT2D eigenvalue weighted by Gasteiger charge is -2.03. The first-order chi connectivity index (χ1) is 9.17. The second-order valence-electron chi connectivity index (χ2n) is 4.55. The van der Waals surface area contributed by atoms with Crippen LogP contribution in [0.5, 0.6) is 0 Å². The van der Waals surface area contributed by atoms with Crippen molar-refractivity contribution in [2.24, 2.45) is 0 Å². The molecule has 0 bridgehead atoms. The summed E-state index contributed by atoms with van der Waals surface area (Å²) in [6, 6.07) is 1.97. The van der Waals surface area contributed by atoms with Crippen LogP contribution >= 0.6 is 0 Å². The average molecular weight is 261 g/mol. The Kier molecular flexibility index (Phi) is 4.33. The molecule has 1 amide bonds. The highest BCUT2D eigenvalue weighted by Gasteiger charge is 2.04. The molecule has 2 rings (SSSR count). The van der Waals surface area contributed by atoms with Crippen LogP contribution in [0.4, 0.5) is 0 Å². The Morgan fingerprint density at radius 2 is 2.37 bits per heavy atom. The Morgan fingerprint density at radius 1 is 1.53 bits per heavy atom. The highest BCUT2D eigenvalue weighted by Crippen LogP contribution is 2.00. The SMILES string of the molecule is CCc1cc(CNC(=O)CCn2cc(C)cn2)[nH]n1. The molecule has 6 nitrogen and oxygen atoms in total. The van der Waals surface area contributed by atoms with Gasteiger partial charge in [-0.25, -0.2) is 0 Å². The van der Waals surface area contributed by atoms with Gasteiger partial charge in [0, 0.05) is 19.2 Å². The van der Waals surface area contributed by atoms with Gasteiger partial charge in [0.25, 0.3) is 0 Å². The molecule has 0 aromatic carbocycles. The van der Waals surface area contributed by atoms with Crippen LogP contribution in [0.2, 0.25) is 0 Å². The lowest BCUT2D eigenvalue weighted by Crippen LogP contribution is -2.24. The molecular weight excluding hydrogens is 242 g/mol. The molecule has 0 aliphatic heterocycles. The van der Waals surface area contributed by atoms with Crippen LogP contribution in [0.3, 0.4) is 0 Å². The third kappa shape index (κ3) is 3.94. The van der Waals surface area contributed by atoms with Crippen molar-refractivity contribution in [3.8, 4) is 0 Å². The molecule has 2 N–H and O–H groups in total. The molecule has 19 heavy (non-hydrogen) atoms. The maximum atomic E-state index is 11.7. The monoisotopic (exact) mass is 261 g/mol. The van der Waals surface area contributed by atoms with Gasteiger partial charge in [0.2, 0.25) is 5.91 Å². The fourth-order valence-electron chi connectivity index (χ4n) is 1.77. The Morgan fingerprint density at radius 3 is 3.00 bits per heavy atom. The van der Waals surface area contributed by atoms with E-state index in [1.807, 2.05) is 26.1 Å². The molecular formula is C13H19N5O. The fourth-order valence-corrected chi connectivity index (χ4v) is 1.77. The molecule has 0 atom stereocenters. The molecule has 0 aliphatic rings. The van der Waals surface area contributed by atoms with E-state index in [1.54, 1.807) is 10.9 Å². The van der Waals surface area contributed by atoms with E-state index in [4.69, 9.17) is 0 Å². The van der Waals surface area contributed by atoms with Crippen LogP contribution < -0.4 is 5.32 Å². The van der Waals surface area contributed by atoms with Crippen molar-refractivity contribution in [1.82, 2.24) is 25.3 Å². The molecule has 0 fully saturated rings. The van der Waals surface area contributed by atoms with Gasteiger partial charge in [-0.15, -0.1) is 0 Å². The van der Waals surface area contributed by atoms with Gasteiger partial charge in [-0.05, 0) is 25.0 Å². The summed E-state index contributed by atoms with van der Waals surface area (Å²) < 4.78 is 1.78. The van der Waals surface area contributed by atoms with Gasteiger partial charge in [0.1, 0.15) is 0 Å². The number of hydrogen-bond acceptors (Lipinski definition) is 3. The first-order valence-electron chi connectivity index (χ1n) is 6.46. The van der Waals surface area contributed by atoms with Crippen LogP contribution in [0.25, 0.3) is 0 Å². The number of aryl methyl sites for hydroxylation is 3. The zero-order valence-corrected chi connectivity index (χ0v) is 11.3. The van der Waals surface area contributed by atoms with Crippen molar-refractivity contribution in [2.45, 2.75) is 39.8 Å². The van der Waals surface area contributed by atoms with Gasteiger partial charge in [-0.2, -0.15) is 10.2 Å². The van der Waals surface area contributed by atoms with Crippen LogP contribution in [-0.2, 0) is 24.3 Å². The summed E-state index contributed by atoms with van der Waals surface area (Å²) in [5.41, 5.74) is 3.04. The van der Waals surface area contributed by atoms with E-state index in [0.29, 0.717) is 19.5 Å². The van der Waals surface area contributed by atoms with Gasteiger partial charge < -0.3 is 5.32 Å². The van der Waals surface area contributed by atoms with Crippen molar-refractivity contribution in [3.63, 3.8) is 0 Å². The first-order valence-corrected chi connectivity index (χ1v) is 6.46. The van der Waals surface area contributed by atoms with Crippen molar-refractivity contribution < 1.29 is 4.79 Å². The molecule has 2 aromatic heterocycles. The zero-order chi connectivity index (χ0) is 13.7. The number of carbonyl (C=O) groups excluding carboxylic acids is 1. The molecule has 2 aromatic rings. The number of carbonyl (C=O) groups is 1. The summed E-state index contributed by atoms with van der Waals surface area (Å²) in [6.45, 7) is 5.12. The molecule has 0 unspecified atom stereocenters. The minimum atomic E-state index is 0.0146. The number of hydrogen-bond donors (Lipinski definition) is 2. The van der Waals surface area contributed by atoms with E-state index in [0.717, 1.165) is 23.4 Å². The van der Waals surface area contributed by atoms with Gasteiger partial charge in [-0.3, -0.25) is 14.6 Å². The standard InChI is InChI=1S/C13H19N5O/c1-3-11-6-12(17-16-11)8-14-13(19)4-5-18-9-10(2)7-15-18/h6-7,9H,3-5,8H2,1-2H3,(H,14,19)(H,16,17). The summed E-state index contributed by atoms with van der Waals surface area (Å²) in [5, 5.41) is 14.0. The van der Waals surface area contributed by atoms with Crippen molar-refractivity contribution in [3.05, 3.63) is 35.4 Å². The summed E-state index contributed by atoms with van der Waals surface area (Å²) in [4.78, 5) is 11.7. The van der Waals surface area contributed by atoms with Crippen molar-refractivity contribution in [1.29, 1.82) is 0 Å². The van der Waals surface area contributed by atoms with E-state index in [-0.39, 0.29) is 5.91 Å². The predicted octanol–water partition coefficient (Wildman–Crippen LogP) is 1.18. The highest BCUT2D eigenvalue weighted by molar-refractivity contribution is 5.75. The maximum absolute atomic E-state index is 11.7. The summed E-state index contributed by atoms with van der Waals surface area (Å²) in [6.07, 6.45) is 5.03. The molecule has 2 heterocycles. The molecule has 0 saturated carbocycles. The van der Waals surface area contributed by atoms with Crippen LogP contribution in [0.15, 0.2) is 18.5 Å². The highest BCUT2D eigenvalue weighted by atomic mass is 16.1. The van der Waals surface area contributed by atoms with Gasteiger partial charge in [0.05, 0.1) is 24.1 Å². The normalized spacial score (nSPS) is 10.6. The third-order valence-electron chi connectivity index (χ3n) is 2.85. The van der Waals surface area contributed by atoms with E-state index >= 15 is 0 Å². The van der Waals surface area contributed by atoms with Gasteiger partial charge >= 0.3 is 0 Å². The lowest BCUT2D eigenvalue weighted by atomic mass is 10.3. The number of H-pyrrole nitrogens is 1. The predicted molar refractivity (Wildman–Crippen MR) is 71.4 cm³/mol. The maximum Gasteiger partial charge on any atom is 0.222 e. The number of aromatic amines is 1. The second kappa shape index (κ2) is 6.17. The molecule has 0 aliphatic carbocycles. The first kappa shape index (κ1) is 13.3. The smallest absolute Gasteiger partial charge is 0.222 e. The van der Waals surface area contributed by atoms with Gasteiger partial charge in [0.15, 0.2) is 0 Å². The Bertz CT molecular complexity index is 543. The average Bonchev–Trinajstić information content (AvgIpc) is 3.02. The number of nitrogens with zero attached hydrogens (tertiary/aromatic N) is 3. The molecule has 6 heteroatoms. The van der Waals surface area contributed by atoms with Crippen LogP contribution in [0, 0.1) is 6.92 Å². The molecule has 102 valence electrons. The van der Waals surface area contributed by atoms with Gasteiger partial charge in [-0.1, -0.05) is 6.92 Å². The second-order valence-corrected chi connectivity index (χ2v) is 4.55. The Labute approximate surface area is 112 Å². The van der Waals surface area contributed by atoms with Crippen LogP contribution in [-0.4, -0.2) is 25.9 Å². The third-order valence-corrected chi connectivity index (χ3v) is 2.85. The minimum absolute atomic E-state index is 0.0146. The summed E-state index contributed by atoms with van der Waals surface area (Å²) in [7, 11) is 0. The summed E-state index contributed by atoms with van der Waals surface area (Å²) >= 11 is 0.